The van der Waals surface area contributed by atoms with Gasteiger partial charge in [0.2, 0.25) is 0 Å². The standard InChI is InChI=1S/C11H20O7S/c1-11(2,3)10(13)16-6-8-7(5-9(12)17-8)18-19(4,14)15/h7-9,12H,5-6H2,1-4H3/t7-,8+,9+/m0/s1. The molecule has 0 aliphatic carbocycles. The summed E-state index contributed by atoms with van der Waals surface area (Å²) in [6, 6.07) is 0. The van der Waals surface area contributed by atoms with Crippen LogP contribution in [0.1, 0.15) is 27.2 Å². The van der Waals surface area contributed by atoms with Crippen LogP contribution in [0.5, 0.6) is 0 Å². The second-order valence-electron chi connectivity index (χ2n) is 5.55. The topological polar surface area (TPSA) is 99.1 Å². The lowest BCUT2D eigenvalue weighted by molar-refractivity contribution is -0.162. The fourth-order valence-electron chi connectivity index (χ4n) is 1.54. The molecule has 0 radical (unpaired) electrons. The largest absolute Gasteiger partial charge is 0.462 e. The third-order valence-electron chi connectivity index (χ3n) is 2.47. The SMILES string of the molecule is CC(C)(C)C(=O)OC[C@H]1O[C@@H](O)C[C@@H]1OS(C)(=O)=O. The van der Waals surface area contributed by atoms with Crippen LogP contribution in [0, 0.1) is 5.41 Å². The number of carbonyl (C=O) groups excluding carboxylic acids is 1. The van der Waals surface area contributed by atoms with Crippen molar-refractivity contribution in [3.63, 3.8) is 0 Å². The van der Waals surface area contributed by atoms with Crippen molar-refractivity contribution in [3.8, 4) is 0 Å². The molecule has 8 heteroatoms. The van der Waals surface area contributed by atoms with Crippen LogP contribution < -0.4 is 0 Å². The minimum absolute atomic E-state index is 0.0187. The summed E-state index contributed by atoms with van der Waals surface area (Å²) in [4.78, 5) is 11.6. The Morgan fingerprint density at radius 3 is 2.47 bits per heavy atom. The van der Waals surface area contributed by atoms with Crippen molar-refractivity contribution in [1.29, 1.82) is 0 Å². The molecular formula is C11H20O7S. The minimum atomic E-state index is -3.66. The first-order valence-corrected chi connectivity index (χ1v) is 7.70. The van der Waals surface area contributed by atoms with Crippen molar-refractivity contribution in [1.82, 2.24) is 0 Å². The molecule has 0 unspecified atom stereocenters. The zero-order chi connectivity index (χ0) is 14.8. The number of aliphatic hydroxyl groups is 1. The number of ether oxygens (including phenoxy) is 2. The summed E-state index contributed by atoms with van der Waals surface area (Å²) in [6.45, 7) is 4.94. The number of aliphatic hydroxyl groups excluding tert-OH is 1. The van der Waals surface area contributed by atoms with E-state index in [0.717, 1.165) is 6.26 Å². The molecule has 0 spiro atoms. The molecule has 1 rings (SSSR count). The lowest BCUT2D eigenvalue weighted by Gasteiger charge is -2.21. The van der Waals surface area contributed by atoms with E-state index in [9.17, 15) is 18.3 Å². The maximum Gasteiger partial charge on any atom is 0.311 e. The van der Waals surface area contributed by atoms with Gasteiger partial charge in [-0.25, -0.2) is 0 Å². The Labute approximate surface area is 113 Å². The molecule has 0 amide bonds. The van der Waals surface area contributed by atoms with Crippen LogP contribution in [0.15, 0.2) is 0 Å². The van der Waals surface area contributed by atoms with Crippen LogP contribution in [0.2, 0.25) is 0 Å². The molecule has 19 heavy (non-hydrogen) atoms. The van der Waals surface area contributed by atoms with Gasteiger partial charge in [-0.05, 0) is 20.8 Å². The molecule has 0 bridgehead atoms. The van der Waals surface area contributed by atoms with E-state index >= 15 is 0 Å². The Balaban J connectivity index is 2.58. The summed E-state index contributed by atoms with van der Waals surface area (Å²) in [6.07, 6.45) is -1.83. The van der Waals surface area contributed by atoms with Gasteiger partial charge >= 0.3 is 5.97 Å². The summed E-state index contributed by atoms with van der Waals surface area (Å²) >= 11 is 0. The highest BCUT2D eigenvalue weighted by Gasteiger charge is 2.38. The highest BCUT2D eigenvalue weighted by molar-refractivity contribution is 7.86. The van der Waals surface area contributed by atoms with Crippen molar-refractivity contribution in [3.05, 3.63) is 0 Å². The zero-order valence-corrected chi connectivity index (χ0v) is 12.3. The Morgan fingerprint density at radius 1 is 1.42 bits per heavy atom. The Hall–Kier alpha value is -0.700. The minimum Gasteiger partial charge on any atom is -0.462 e. The predicted molar refractivity (Wildman–Crippen MR) is 65.6 cm³/mol. The summed E-state index contributed by atoms with van der Waals surface area (Å²) in [5.74, 6) is -0.435. The fourth-order valence-corrected chi connectivity index (χ4v) is 2.19. The van der Waals surface area contributed by atoms with Crippen molar-refractivity contribution >= 4 is 16.1 Å². The van der Waals surface area contributed by atoms with E-state index in [2.05, 4.69) is 0 Å². The van der Waals surface area contributed by atoms with Gasteiger partial charge in [-0.2, -0.15) is 8.42 Å². The molecule has 7 nitrogen and oxygen atoms in total. The fraction of sp³-hybridized carbons (Fsp3) is 0.909. The van der Waals surface area contributed by atoms with Gasteiger partial charge < -0.3 is 14.6 Å². The molecule has 1 aliphatic heterocycles. The third-order valence-corrected chi connectivity index (χ3v) is 3.07. The van der Waals surface area contributed by atoms with Gasteiger partial charge in [-0.3, -0.25) is 8.98 Å². The first-order chi connectivity index (χ1) is 8.49. The van der Waals surface area contributed by atoms with Crippen LogP contribution in [0.4, 0.5) is 0 Å². The third kappa shape index (κ3) is 5.43. The van der Waals surface area contributed by atoms with Crippen LogP contribution in [-0.2, 0) is 28.6 Å². The Morgan fingerprint density at radius 2 is 2.00 bits per heavy atom. The molecule has 1 saturated heterocycles. The molecule has 1 fully saturated rings. The quantitative estimate of drug-likeness (QED) is 0.577. The normalized spacial score (nSPS) is 28.4. The maximum atomic E-state index is 11.6. The van der Waals surface area contributed by atoms with Gasteiger partial charge in [-0.1, -0.05) is 0 Å². The highest BCUT2D eigenvalue weighted by Crippen LogP contribution is 2.24. The summed E-state index contributed by atoms with van der Waals surface area (Å²) in [5, 5.41) is 9.35. The van der Waals surface area contributed by atoms with Gasteiger partial charge in [0.15, 0.2) is 6.29 Å². The zero-order valence-electron chi connectivity index (χ0n) is 11.5. The van der Waals surface area contributed by atoms with Crippen molar-refractivity contribution in [2.75, 3.05) is 12.9 Å². The average Bonchev–Trinajstić information content (AvgIpc) is 2.51. The second-order valence-corrected chi connectivity index (χ2v) is 7.15. The number of hydrogen-bond donors (Lipinski definition) is 1. The number of rotatable bonds is 4. The molecule has 0 saturated carbocycles. The van der Waals surface area contributed by atoms with Gasteiger partial charge in [0.25, 0.3) is 10.1 Å². The van der Waals surface area contributed by atoms with E-state index in [4.69, 9.17) is 13.7 Å². The van der Waals surface area contributed by atoms with E-state index in [0.29, 0.717) is 0 Å². The molecule has 1 heterocycles. The van der Waals surface area contributed by atoms with Gasteiger partial charge in [0, 0.05) is 6.42 Å². The highest BCUT2D eigenvalue weighted by atomic mass is 32.2. The summed E-state index contributed by atoms with van der Waals surface area (Å²) < 4.78 is 37.0. The van der Waals surface area contributed by atoms with Crippen molar-refractivity contribution < 1.29 is 32.0 Å². The van der Waals surface area contributed by atoms with E-state index in [1.807, 2.05) is 0 Å². The summed E-state index contributed by atoms with van der Waals surface area (Å²) in [7, 11) is -3.66. The van der Waals surface area contributed by atoms with Gasteiger partial charge in [-0.15, -0.1) is 0 Å². The molecule has 1 aliphatic rings. The lowest BCUT2D eigenvalue weighted by Crippen LogP contribution is -2.34. The molecule has 3 atom stereocenters. The molecule has 0 aromatic rings. The van der Waals surface area contributed by atoms with Gasteiger partial charge in [0.1, 0.15) is 18.8 Å². The Kier molecular flexibility index (Phi) is 4.94. The predicted octanol–water partition coefficient (Wildman–Crippen LogP) is 0.0278. The van der Waals surface area contributed by atoms with E-state index in [-0.39, 0.29) is 13.0 Å². The van der Waals surface area contributed by atoms with Crippen LogP contribution in [0.3, 0.4) is 0 Å². The number of carbonyl (C=O) groups is 1. The van der Waals surface area contributed by atoms with Crippen LogP contribution in [0.25, 0.3) is 0 Å². The van der Waals surface area contributed by atoms with E-state index in [1.165, 1.54) is 0 Å². The Bertz CT molecular complexity index is 423. The lowest BCUT2D eigenvalue weighted by atomic mass is 9.97. The first kappa shape index (κ1) is 16.4. The maximum absolute atomic E-state index is 11.6. The molecule has 0 aromatic heterocycles. The van der Waals surface area contributed by atoms with Crippen molar-refractivity contribution in [2.24, 2.45) is 5.41 Å². The van der Waals surface area contributed by atoms with Crippen LogP contribution in [-0.4, -0.2) is 50.9 Å². The smallest absolute Gasteiger partial charge is 0.311 e. The second kappa shape index (κ2) is 5.74. The number of esters is 1. The first-order valence-electron chi connectivity index (χ1n) is 5.88. The monoisotopic (exact) mass is 296 g/mol. The summed E-state index contributed by atoms with van der Waals surface area (Å²) in [5.41, 5.74) is -0.662. The van der Waals surface area contributed by atoms with E-state index in [1.54, 1.807) is 20.8 Å². The molecule has 1 N–H and O–H groups in total. The molecular weight excluding hydrogens is 276 g/mol. The number of hydrogen-bond acceptors (Lipinski definition) is 7. The molecule has 112 valence electrons. The van der Waals surface area contributed by atoms with E-state index < -0.39 is 40.0 Å². The molecule has 0 aromatic carbocycles. The van der Waals surface area contributed by atoms with Crippen molar-refractivity contribution in [2.45, 2.75) is 45.7 Å². The van der Waals surface area contributed by atoms with Crippen LogP contribution >= 0.6 is 0 Å². The van der Waals surface area contributed by atoms with Gasteiger partial charge in [0.05, 0.1) is 11.7 Å². The average molecular weight is 296 g/mol.